The summed E-state index contributed by atoms with van der Waals surface area (Å²) in [5.41, 5.74) is 1.36. The summed E-state index contributed by atoms with van der Waals surface area (Å²) >= 11 is 0. The van der Waals surface area contributed by atoms with Crippen molar-refractivity contribution in [3.05, 3.63) is 29.8 Å². The summed E-state index contributed by atoms with van der Waals surface area (Å²) in [4.78, 5) is 2.59. The predicted molar refractivity (Wildman–Crippen MR) is 114 cm³/mol. The molecule has 1 saturated heterocycles. The van der Waals surface area contributed by atoms with E-state index in [0.29, 0.717) is 12.9 Å². The van der Waals surface area contributed by atoms with Crippen molar-refractivity contribution in [3.8, 4) is 5.75 Å². The molecule has 2 rings (SSSR count). The normalized spacial score (nSPS) is 15.4. The maximum atomic E-state index is 9.19. The van der Waals surface area contributed by atoms with Crippen LogP contribution in [0.4, 0.5) is 0 Å². The molecule has 1 fully saturated rings. The summed E-state index contributed by atoms with van der Waals surface area (Å²) in [7, 11) is -3.67. The van der Waals surface area contributed by atoms with Gasteiger partial charge in [0.1, 0.15) is 5.75 Å². The van der Waals surface area contributed by atoms with Crippen LogP contribution in [0.15, 0.2) is 24.3 Å². The minimum Gasteiger partial charge on any atom is -0.494 e. The molecule has 7 heteroatoms. The lowest BCUT2D eigenvalue weighted by Gasteiger charge is -2.19. The first-order valence-corrected chi connectivity index (χ1v) is 12.2. The lowest BCUT2D eigenvalue weighted by atomic mass is 10.1. The summed E-state index contributed by atoms with van der Waals surface area (Å²) in [5, 5.41) is 8.78. The first-order chi connectivity index (χ1) is 13.4. The van der Waals surface area contributed by atoms with Crippen molar-refractivity contribution in [2.75, 3.05) is 39.1 Å². The van der Waals surface area contributed by atoms with Gasteiger partial charge < -0.3 is 14.7 Å². The number of ether oxygens (including phenoxy) is 1. The van der Waals surface area contributed by atoms with Crippen LogP contribution in [-0.4, -0.2) is 62.1 Å². The Morgan fingerprint density at radius 2 is 1.57 bits per heavy atom. The molecule has 0 atom stereocenters. The van der Waals surface area contributed by atoms with E-state index in [-0.39, 0.29) is 0 Å². The Morgan fingerprint density at radius 1 is 0.964 bits per heavy atom. The maximum Gasteiger partial charge on any atom is 0.261 e. The molecule has 1 aromatic rings. The van der Waals surface area contributed by atoms with Gasteiger partial charge in [0.2, 0.25) is 0 Å². The molecule has 0 aliphatic carbocycles. The zero-order valence-corrected chi connectivity index (χ0v) is 18.0. The number of hydrogen-bond donors (Lipinski definition) is 2. The first kappa shape index (κ1) is 24.9. The molecule has 1 heterocycles. The first-order valence-electron chi connectivity index (χ1n) is 10.4. The SMILES string of the molecule is CS(=O)(=O)O.OCCCCCc1ccc(OCCCN2CCCCCC2)cc1. The van der Waals surface area contributed by atoms with Crippen LogP contribution in [0.3, 0.4) is 0 Å². The molecule has 1 aliphatic rings. The van der Waals surface area contributed by atoms with Gasteiger partial charge >= 0.3 is 0 Å². The molecule has 0 bridgehead atoms. The van der Waals surface area contributed by atoms with E-state index in [2.05, 4.69) is 29.2 Å². The fourth-order valence-corrected chi connectivity index (χ4v) is 3.21. The Balaban J connectivity index is 0.000000696. The van der Waals surface area contributed by atoms with Crippen molar-refractivity contribution in [1.29, 1.82) is 0 Å². The fraction of sp³-hybridized carbons (Fsp3) is 0.714. The third kappa shape index (κ3) is 14.9. The van der Waals surface area contributed by atoms with Gasteiger partial charge in [0.05, 0.1) is 12.9 Å². The van der Waals surface area contributed by atoms with Crippen LogP contribution in [0.5, 0.6) is 5.75 Å². The lowest BCUT2D eigenvalue weighted by molar-refractivity contribution is 0.240. The Labute approximate surface area is 170 Å². The van der Waals surface area contributed by atoms with Crippen molar-refractivity contribution >= 4 is 10.1 Å². The van der Waals surface area contributed by atoms with Gasteiger partial charge in [-0.25, -0.2) is 0 Å². The van der Waals surface area contributed by atoms with E-state index >= 15 is 0 Å². The molecule has 162 valence electrons. The van der Waals surface area contributed by atoms with Gasteiger partial charge in [-0.1, -0.05) is 31.4 Å². The summed E-state index contributed by atoms with van der Waals surface area (Å²) in [6.45, 7) is 4.83. The highest BCUT2D eigenvalue weighted by Crippen LogP contribution is 2.15. The summed E-state index contributed by atoms with van der Waals surface area (Å²) in [6.07, 6.45) is 11.6. The van der Waals surface area contributed by atoms with Gasteiger partial charge in [-0.15, -0.1) is 0 Å². The summed E-state index contributed by atoms with van der Waals surface area (Å²) < 4.78 is 31.7. The Kier molecular flexibility index (Phi) is 13.1. The minimum absolute atomic E-state index is 0.310. The molecule has 28 heavy (non-hydrogen) atoms. The van der Waals surface area contributed by atoms with Crippen LogP contribution in [0, 0.1) is 0 Å². The number of benzene rings is 1. The van der Waals surface area contributed by atoms with Crippen LogP contribution in [0.1, 0.15) is 56.9 Å². The van der Waals surface area contributed by atoms with Crippen molar-refractivity contribution in [3.63, 3.8) is 0 Å². The average Bonchev–Trinajstić information content (AvgIpc) is 2.91. The highest BCUT2D eigenvalue weighted by molar-refractivity contribution is 7.85. The molecule has 2 N–H and O–H groups in total. The quantitative estimate of drug-likeness (QED) is 0.449. The largest absolute Gasteiger partial charge is 0.494 e. The molecular formula is C21H37NO5S. The molecule has 0 amide bonds. The van der Waals surface area contributed by atoms with Gasteiger partial charge in [-0.05, 0) is 69.3 Å². The van der Waals surface area contributed by atoms with Crippen molar-refractivity contribution in [1.82, 2.24) is 4.90 Å². The molecule has 6 nitrogen and oxygen atoms in total. The van der Waals surface area contributed by atoms with Gasteiger partial charge in [-0.2, -0.15) is 8.42 Å². The predicted octanol–water partition coefficient (Wildman–Crippen LogP) is 3.54. The van der Waals surface area contributed by atoms with Gasteiger partial charge in [0.15, 0.2) is 0 Å². The van der Waals surface area contributed by atoms with Crippen LogP contribution in [0.25, 0.3) is 0 Å². The second-order valence-electron chi connectivity index (χ2n) is 7.37. The van der Waals surface area contributed by atoms with E-state index in [4.69, 9.17) is 14.4 Å². The van der Waals surface area contributed by atoms with E-state index in [1.165, 1.54) is 50.9 Å². The van der Waals surface area contributed by atoms with Crippen LogP contribution in [0.2, 0.25) is 0 Å². The highest BCUT2D eigenvalue weighted by Gasteiger charge is 2.08. The molecule has 0 aromatic heterocycles. The van der Waals surface area contributed by atoms with Crippen LogP contribution >= 0.6 is 0 Å². The maximum absolute atomic E-state index is 9.19. The van der Waals surface area contributed by atoms with Crippen molar-refractivity contribution in [2.24, 2.45) is 0 Å². The third-order valence-corrected chi connectivity index (χ3v) is 4.63. The molecule has 0 unspecified atom stereocenters. The summed E-state index contributed by atoms with van der Waals surface area (Å²) in [6, 6.07) is 8.52. The van der Waals surface area contributed by atoms with Crippen LogP contribution < -0.4 is 4.74 Å². The summed E-state index contributed by atoms with van der Waals surface area (Å²) in [5.74, 6) is 0.986. The monoisotopic (exact) mass is 415 g/mol. The number of aryl methyl sites for hydroxylation is 1. The molecule has 0 saturated carbocycles. The number of aliphatic hydroxyl groups is 1. The molecule has 0 radical (unpaired) electrons. The smallest absolute Gasteiger partial charge is 0.261 e. The minimum atomic E-state index is -3.67. The van der Waals surface area contributed by atoms with Gasteiger partial charge in [0, 0.05) is 13.2 Å². The highest BCUT2D eigenvalue weighted by atomic mass is 32.2. The Bertz CT molecular complexity index is 588. The number of unbranched alkanes of at least 4 members (excludes halogenated alkanes) is 2. The second kappa shape index (κ2) is 14.8. The second-order valence-corrected chi connectivity index (χ2v) is 8.84. The number of nitrogens with zero attached hydrogens (tertiary/aromatic N) is 1. The van der Waals surface area contributed by atoms with E-state index in [1.807, 2.05) is 0 Å². The number of aliphatic hydroxyl groups excluding tert-OH is 1. The van der Waals surface area contributed by atoms with Crippen LogP contribution in [-0.2, 0) is 16.5 Å². The zero-order chi connectivity index (χ0) is 20.7. The Morgan fingerprint density at radius 3 is 2.14 bits per heavy atom. The van der Waals surface area contributed by atoms with Gasteiger partial charge in [-0.3, -0.25) is 4.55 Å². The number of rotatable bonds is 10. The topological polar surface area (TPSA) is 87.1 Å². The number of likely N-dealkylation sites (tertiary alicyclic amines) is 1. The van der Waals surface area contributed by atoms with Gasteiger partial charge in [0.25, 0.3) is 10.1 Å². The van der Waals surface area contributed by atoms with Crippen molar-refractivity contribution in [2.45, 2.75) is 57.8 Å². The van der Waals surface area contributed by atoms with Crippen molar-refractivity contribution < 1.29 is 22.8 Å². The Hall–Kier alpha value is -1.15. The van der Waals surface area contributed by atoms with E-state index < -0.39 is 10.1 Å². The van der Waals surface area contributed by atoms with E-state index in [0.717, 1.165) is 44.5 Å². The third-order valence-electron chi connectivity index (χ3n) is 4.63. The lowest BCUT2D eigenvalue weighted by Crippen LogP contribution is -2.26. The van der Waals surface area contributed by atoms with E-state index in [1.54, 1.807) is 0 Å². The fourth-order valence-electron chi connectivity index (χ4n) is 3.21. The average molecular weight is 416 g/mol. The zero-order valence-electron chi connectivity index (χ0n) is 17.2. The standard InChI is InChI=1S/C20H33NO2.CH4O3S/c22-17-7-3-4-9-19-10-12-20(13-11-19)23-18-8-16-21-14-5-1-2-6-15-21;1-5(2,3)4/h10-13,22H,1-9,14-18H2;1H3,(H,2,3,4). The molecule has 0 spiro atoms. The van der Waals surface area contributed by atoms with E-state index in [9.17, 15) is 8.42 Å². The number of hydrogen-bond acceptors (Lipinski definition) is 5. The molecule has 1 aromatic carbocycles. The molecule has 1 aliphatic heterocycles. The molecular weight excluding hydrogens is 378 g/mol.